The van der Waals surface area contributed by atoms with Crippen LogP contribution in [-0.4, -0.2) is 33.8 Å². The van der Waals surface area contributed by atoms with Crippen LogP contribution in [0.2, 0.25) is 5.02 Å². The third kappa shape index (κ3) is 4.63. The van der Waals surface area contributed by atoms with Crippen LogP contribution in [0.5, 0.6) is 0 Å². The molecule has 1 aromatic carbocycles. The molecule has 0 spiro atoms. The summed E-state index contributed by atoms with van der Waals surface area (Å²) in [5.41, 5.74) is 8.67. The number of aryl methyl sites for hydroxylation is 1. The number of fused-ring (bicyclic) bond motifs is 1. The molecule has 0 bridgehead atoms. The van der Waals surface area contributed by atoms with E-state index in [1.807, 2.05) is 30.3 Å². The zero-order valence-corrected chi connectivity index (χ0v) is 21.9. The highest BCUT2D eigenvalue weighted by atomic mass is 35.5. The number of pyridine rings is 3. The largest absolute Gasteiger partial charge is 0.378 e. The van der Waals surface area contributed by atoms with Crippen molar-refractivity contribution in [1.29, 1.82) is 5.26 Å². The summed E-state index contributed by atoms with van der Waals surface area (Å²) in [4.78, 5) is 12.2. The predicted octanol–water partition coefficient (Wildman–Crippen LogP) is 4.64. The fraction of sp³-hybridized carbons (Fsp3) is 0.185. The van der Waals surface area contributed by atoms with Crippen LogP contribution in [0.1, 0.15) is 29.7 Å². The summed E-state index contributed by atoms with van der Waals surface area (Å²) >= 11 is 6.68. The van der Waals surface area contributed by atoms with E-state index in [1.165, 1.54) is 6.20 Å². The van der Waals surface area contributed by atoms with E-state index < -0.39 is 17.2 Å². The molecule has 2 radical (unpaired) electrons. The van der Waals surface area contributed by atoms with Crippen molar-refractivity contribution in [2.24, 2.45) is 0 Å². The lowest BCUT2D eigenvalue weighted by atomic mass is 9.69. The lowest BCUT2D eigenvalue weighted by molar-refractivity contribution is 0.260. The maximum Gasteiger partial charge on any atom is 0.249 e. The van der Waals surface area contributed by atoms with E-state index in [4.69, 9.17) is 19.4 Å². The molecular formula is C27H21BClF2N9. The average Bonchev–Trinajstić information content (AvgIpc) is 3.66. The van der Waals surface area contributed by atoms with Gasteiger partial charge in [0.05, 0.1) is 44.8 Å². The third-order valence-electron chi connectivity index (χ3n) is 6.84. The van der Waals surface area contributed by atoms with Crippen molar-refractivity contribution in [3.05, 3.63) is 94.4 Å². The van der Waals surface area contributed by atoms with Gasteiger partial charge in [-0.05, 0) is 43.5 Å². The highest BCUT2D eigenvalue weighted by Crippen LogP contribution is 2.39. The fourth-order valence-corrected chi connectivity index (χ4v) is 4.94. The Morgan fingerprint density at radius 2 is 2.00 bits per heavy atom. The molecule has 9 nitrogen and oxygen atoms in total. The molecule has 4 heterocycles. The van der Waals surface area contributed by atoms with Gasteiger partial charge >= 0.3 is 0 Å². The number of nitrogens with one attached hydrogen (secondary N) is 4. The number of nitriles is 1. The number of rotatable bonds is 7. The Bertz CT molecular complexity index is 1720. The van der Waals surface area contributed by atoms with Gasteiger partial charge in [-0.1, -0.05) is 17.7 Å². The highest BCUT2D eigenvalue weighted by molar-refractivity contribution is 6.36. The number of hydrogen-bond donors (Lipinski definition) is 4. The molecule has 0 saturated heterocycles. The summed E-state index contributed by atoms with van der Waals surface area (Å²) in [6, 6.07) is 10.5. The molecule has 1 unspecified atom stereocenters. The number of nitrogens with zero attached hydrogens (tertiary/aromatic N) is 5. The second kappa shape index (κ2) is 9.93. The molecule has 40 heavy (non-hydrogen) atoms. The first-order valence-corrected chi connectivity index (χ1v) is 12.8. The van der Waals surface area contributed by atoms with Gasteiger partial charge in [-0.3, -0.25) is 15.0 Å². The lowest BCUT2D eigenvalue weighted by Gasteiger charge is -2.35. The second-order valence-corrected chi connectivity index (χ2v) is 10.0. The molecule has 1 fully saturated rings. The quantitative estimate of drug-likeness (QED) is 0.191. The van der Waals surface area contributed by atoms with Gasteiger partial charge in [0, 0.05) is 47.5 Å². The summed E-state index contributed by atoms with van der Waals surface area (Å²) in [5, 5.41) is 18.9. The van der Waals surface area contributed by atoms with Crippen molar-refractivity contribution in [2.45, 2.75) is 31.2 Å². The lowest BCUT2D eigenvalue weighted by Crippen LogP contribution is -2.46. The smallest absolute Gasteiger partial charge is 0.249 e. The Balaban J connectivity index is 1.47. The highest BCUT2D eigenvalue weighted by Gasteiger charge is 2.38. The first kappa shape index (κ1) is 25.8. The monoisotopic (exact) mass is 555 g/mol. The van der Waals surface area contributed by atoms with Gasteiger partial charge in [0.25, 0.3) is 0 Å². The molecule has 1 aliphatic heterocycles. The molecule has 4 aromatic rings. The molecule has 4 N–H and O–H groups in total. The van der Waals surface area contributed by atoms with Crippen molar-refractivity contribution in [3.8, 4) is 6.07 Å². The third-order valence-corrected chi connectivity index (χ3v) is 7.13. The number of anilines is 3. The van der Waals surface area contributed by atoms with Gasteiger partial charge in [-0.25, -0.2) is 9.37 Å². The minimum absolute atomic E-state index is 0.142. The molecule has 0 amide bonds. The van der Waals surface area contributed by atoms with Gasteiger partial charge in [-0.2, -0.15) is 9.65 Å². The number of hydrogen-bond acceptors (Lipinski definition) is 9. The van der Waals surface area contributed by atoms with Crippen molar-refractivity contribution in [2.75, 3.05) is 10.6 Å². The van der Waals surface area contributed by atoms with Gasteiger partial charge < -0.3 is 16.1 Å². The van der Waals surface area contributed by atoms with Crippen LogP contribution in [0.25, 0.3) is 10.9 Å². The van der Waals surface area contributed by atoms with E-state index in [9.17, 15) is 14.0 Å². The second-order valence-electron chi connectivity index (χ2n) is 9.62. The van der Waals surface area contributed by atoms with Crippen molar-refractivity contribution >= 4 is 47.4 Å². The zero-order valence-electron chi connectivity index (χ0n) is 21.1. The van der Waals surface area contributed by atoms with Crippen LogP contribution in [0.15, 0.2) is 60.8 Å². The number of aromatic nitrogens is 3. The first-order chi connectivity index (χ1) is 19.3. The molecule has 1 aliphatic carbocycles. The van der Waals surface area contributed by atoms with E-state index in [0.29, 0.717) is 34.0 Å². The maximum atomic E-state index is 13.9. The van der Waals surface area contributed by atoms with Gasteiger partial charge in [0.15, 0.2) is 5.82 Å². The van der Waals surface area contributed by atoms with Crippen LogP contribution in [-0.2, 0) is 5.44 Å². The standard InChI is InChI=1S/C27H21BClF2N9/c1-14-20(3-2-6-33-14)27(28,23-13-40(39-38-23)18-4-5-18)37-16-7-19-24(36-17-9-22(30)26(31)35-12-17)15(10-32)11-34-25(19)21(29)8-16/h2-3,6-9,11-13,18,37-39H,4-5H2,1H3,(H,34,36). The first-order valence-electron chi connectivity index (χ1n) is 12.4. The summed E-state index contributed by atoms with van der Waals surface area (Å²) in [5.74, 6) is -2.36. The minimum atomic E-state index is -1.27. The van der Waals surface area contributed by atoms with Crippen LogP contribution in [0.3, 0.4) is 0 Å². The molecule has 6 rings (SSSR count). The van der Waals surface area contributed by atoms with Crippen molar-refractivity contribution in [3.63, 3.8) is 0 Å². The molecule has 1 atom stereocenters. The number of hydrazine groups is 2. The minimum Gasteiger partial charge on any atom is -0.378 e. The van der Waals surface area contributed by atoms with E-state index in [-0.39, 0.29) is 16.3 Å². The molecule has 13 heteroatoms. The Hall–Kier alpha value is -4.47. The van der Waals surface area contributed by atoms with Crippen LogP contribution >= 0.6 is 11.6 Å². The molecule has 1 saturated carbocycles. The topological polar surface area (TPSA) is 114 Å². The Labute approximate surface area is 234 Å². The van der Waals surface area contributed by atoms with Crippen LogP contribution in [0.4, 0.5) is 25.8 Å². The van der Waals surface area contributed by atoms with Gasteiger partial charge in [0.2, 0.25) is 5.95 Å². The Morgan fingerprint density at radius 3 is 2.73 bits per heavy atom. The maximum absolute atomic E-state index is 13.9. The normalized spacial score (nSPS) is 16.2. The summed E-state index contributed by atoms with van der Waals surface area (Å²) in [7, 11) is 7.12. The van der Waals surface area contributed by atoms with Crippen molar-refractivity contribution < 1.29 is 8.78 Å². The number of halogens is 3. The zero-order chi connectivity index (χ0) is 28.0. The Morgan fingerprint density at radius 1 is 1.18 bits per heavy atom. The summed E-state index contributed by atoms with van der Waals surface area (Å²) < 4.78 is 27.3. The van der Waals surface area contributed by atoms with Crippen LogP contribution < -0.4 is 21.6 Å². The summed E-state index contributed by atoms with van der Waals surface area (Å²) in [6.45, 7) is 1.87. The van der Waals surface area contributed by atoms with E-state index in [0.717, 1.165) is 36.4 Å². The van der Waals surface area contributed by atoms with Crippen molar-refractivity contribution in [1.82, 2.24) is 30.9 Å². The van der Waals surface area contributed by atoms with Crippen LogP contribution in [0, 0.1) is 30.0 Å². The van der Waals surface area contributed by atoms with Gasteiger partial charge in [-0.15, -0.1) is 5.53 Å². The molecule has 3 aromatic heterocycles. The van der Waals surface area contributed by atoms with Gasteiger partial charge in [0.1, 0.15) is 13.9 Å². The number of benzene rings is 1. The van der Waals surface area contributed by atoms with E-state index in [2.05, 4.69) is 42.6 Å². The van der Waals surface area contributed by atoms with E-state index >= 15 is 0 Å². The fourth-order valence-electron chi connectivity index (χ4n) is 4.67. The molecular weight excluding hydrogens is 535 g/mol. The average molecular weight is 556 g/mol. The molecule has 2 aliphatic rings. The SMILES string of the molecule is [B]C(Nc1cc(Cl)c2ncc(C#N)c(Nc3cnc(F)c(F)c3)c2c1)(C1=CN(C2CC2)NN1)c1cccnc1C. The molecule has 198 valence electrons. The Kier molecular flexibility index (Phi) is 6.40. The predicted molar refractivity (Wildman–Crippen MR) is 148 cm³/mol. The summed E-state index contributed by atoms with van der Waals surface area (Å²) in [6.07, 6.45) is 8.26. The van der Waals surface area contributed by atoms with E-state index in [1.54, 1.807) is 18.3 Å².